The number of anilines is 1. The van der Waals surface area contributed by atoms with Crippen LogP contribution in [-0.2, 0) is 11.2 Å². The fourth-order valence-electron chi connectivity index (χ4n) is 1.72. The molecule has 5 heteroatoms. The van der Waals surface area contributed by atoms with E-state index in [-0.39, 0.29) is 18.4 Å². The van der Waals surface area contributed by atoms with E-state index in [2.05, 4.69) is 15.0 Å². The molecule has 2 rings (SSSR count). The number of esters is 1. The van der Waals surface area contributed by atoms with E-state index in [0.29, 0.717) is 5.56 Å². The number of halogens is 1. The smallest absolute Gasteiger partial charge is 0.339 e. The molecule has 1 aromatic heterocycles. The lowest BCUT2D eigenvalue weighted by Gasteiger charge is -2.07. The van der Waals surface area contributed by atoms with Crippen molar-refractivity contribution in [1.82, 2.24) is 4.98 Å². The number of carbonyl (C=O) groups excluding carboxylic acids is 1. The van der Waals surface area contributed by atoms with Crippen LogP contribution in [-0.4, -0.2) is 24.6 Å². The summed E-state index contributed by atoms with van der Waals surface area (Å²) < 4.78 is 4.68. The summed E-state index contributed by atoms with van der Waals surface area (Å²) in [7, 11) is 1.38. The van der Waals surface area contributed by atoms with Gasteiger partial charge in [-0.25, -0.2) is 9.78 Å². The van der Waals surface area contributed by atoms with Crippen molar-refractivity contribution in [3.63, 3.8) is 0 Å². The maximum Gasteiger partial charge on any atom is 0.339 e. The maximum absolute atomic E-state index is 11.4. The third-order valence-electron chi connectivity index (χ3n) is 2.54. The van der Waals surface area contributed by atoms with Crippen molar-refractivity contribution >= 4 is 24.2 Å². The highest BCUT2D eigenvalue weighted by Gasteiger charge is 2.19. The van der Waals surface area contributed by atoms with E-state index in [9.17, 15) is 4.79 Å². The lowest BCUT2D eigenvalue weighted by molar-refractivity contribution is 0.0599. The Kier molecular flexibility index (Phi) is 3.52. The van der Waals surface area contributed by atoms with Crippen LogP contribution in [0.1, 0.15) is 21.5 Å². The molecule has 4 nitrogen and oxygen atoms in total. The highest BCUT2D eigenvalue weighted by molar-refractivity contribution is 5.91. The molecular formula is C10H13ClN2O2. The molecule has 0 aromatic carbocycles. The molecule has 0 atom stereocenters. The van der Waals surface area contributed by atoms with Crippen molar-refractivity contribution in [2.45, 2.75) is 13.3 Å². The van der Waals surface area contributed by atoms with E-state index in [4.69, 9.17) is 0 Å². The Morgan fingerprint density at radius 3 is 3.00 bits per heavy atom. The number of fused-ring (bicyclic) bond motifs is 1. The second-order valence-electron chi connectivity index (χ2n) is 3.29. The van der Waals surface area contributed by atoms with Gasteiger partial charge >= 0.3 is 5.97 Å². The molecule has 0 amide bonds. The second-order valence-corrected chi connectivity index (χ2v) is 3.29. The molecule has 15 heavy (non-hydrogen) atoms. The van der Waals surface area contributed by atoms with Crippen LogP contribution in [0.5, 0.6) is 0 Å². The minimum absolute atomic E-state index is 0. The first-order chi connectivity index (χ1) is 6.74. The van der Waals surface area contributed by atoms with Gasteiger partial charge in [0, 0.05) is 12.7 Å². The molecule has 1 aliphatic heterocycles. The van der Waals surface area contributed by atoms with Crippen LogP contribution in [0.2, 0.25) is 0 Å². The number of hydrogen-bond acceptors (Lipinski definition) is 4. The van der Waals surface area contributed by atoms with Crippen LogP contribution < -0.4 is 5.32 Å². The molecule has 1 aromatic rings. The fraction of sp³-hybridized carbons (Fsp3) is 0.400. The third-order valence-corrected chi connectivity index (χ3v) is 2.54. The molecule has 0 saturated heterocycles. The van der Waals surface area contributed by atoms with Crippen molar-refractivity contribution in [1.29, 1.82) is 0 Å². The second kappa shape index (κ2) is 4.49. The van der Waals surface area contributed by atoms with Gasteiger partial charge in [-0.1, -0.05) is 0 Å². The predicted octanol–water partition coefficient (Wildman–Crippen LogP) is 1.57. The maximum atomic E-state index is 11.4. The van der Waals surface area contributed by atoms with Gasteiger partial charge in [0.25, 0.3) is 0 Å². The van der Waals surface area contributed by atoms with E-state index in [1.165, 1.54) is 7.11 Å². The number of nitrogens with zero attached hydrogens (tertiary/aromatic N) is 1. The van der Waals surface area contributed by atoms with Gasteiger partial charge in [0.05, 0.1) is 12.7 Å². The first-order valence-electron chi connectivity index (χ1n) is 4.54. The van der Waals surface area contributed by atoms with Crippen LogP contribution in [0.3, 0.4) is 0 Å². The first kappa shape index (κ1) is 11.8. The van der Waals surface area contributed by atoms with Crippen molar-refractivity contribution in [2.75, 3.05) is 19.0 Å². The third kappa shape index (κ3) is 1.90. The number of carbonyl (C=O) groups is 1. The molecule has 0 fully saturated rings. The number of rotatable bonds is 1. The summed E-state index contributed by atoms with van der Waals surface area (Å²) in [5.41, 5.74) is 2.68. The number of aromatic nitrogens is 1. The van der Waals surface area contributed by atoms with Gasteiger partial charge in [0.2, 0.25) is 0 Å². The van der Waals surface area contributed by atoms with Gasteiger partial charge in [-0.05, 0) is 24.5 Å². The number of methoxy groups -OCH3 is 1. The summed E-state index contributed by atoms with van der Waals surface area (Å²) in [5, 5.41) is 3.16. The van der Waals surface area contributed by atoms with Crippen LogP contribution in [0.15, 0.2) is 6.20 Å². The molecule has 0 saturated carbocycles. The molecule has 2 heterocycles. The summed E-state index contributed by atoms with van der Waals surface area (Å²) in [5.74, 6) is 0.583. The summed E-state index contributed by atoms with van der Waals surface area (Å²) in [6.45, 7) is 2.83. The van der Waals surface area contributed by atoms with Crippen molar-refractivity contribution in [3.05, 3.63) is 22.9 Å². The van der Waals surface area contributed by atoms with E-state index in [1.54, 1.807) is 6.20 Å². The first-order valence-corrected chi connectivity index (χ1v) is 4.54. The van der Waals surface area contributed by atoms with Gasteiger partial charge in [0.15, 0.2) is 0 Å². The van der Waals surface area contributed by atoms with Crippen LogP contribution >= 0.6 is 12.4 Å². The Morgan fingerprint density at radius 2 is 2.33 bits per heavy atom. The van der Waals surface area contributed by atoms with Gasteiger partial charge in [-0.15, -0.1) is 12.4 Å². The van der Waals surface area contributed by atoms with Crippen molar-refractivity contribution in [2.24, 2.45) is 0 Å². The SMILES string of the molecule is COC(=O)c1cnc2c(c1C)CCN2.Cl. The van der Waals surface area contributed by atoms with Gasteiger partial charge < -0.3 is 10.1 Å². The molecule has 1 aliphatic rings. The molecule has 0 unspecified atom stereocenters. The Bertz CT molecular complexity index is 393. The van der Waals surface area contributed by atoms with Gasteiger partial charge in [-0.2, -0.15) is 0 Å². The summed E-state index contributed by atoms with van der Waals surface area (Å²) in [4.78, 5) is 15.5. The van der Waals surface area contributed by atoms with Crippen LogP contribution in [0.4, 0.5) is 5.82 Å². The quantitative estimate of drug-likeness (QED) is 0.742. The standard InChI is InChI=1S/C10H12N2O2.ClH/c1-6-7-3-4-11-9(7)12-5-8(6)10(13)14-2;/h5H,3-4H2,1-2H3,(H,11,12);1H. The number of pyridine rings is 1. The zero-order chi connectivity index (χ0) is 10.1. The average molecular weight is 229 g/mol. The largest absolute Gasteiger partial charge is 0.465 e. The van der Waals surface area contributed by atoms with Gasteiger partial charge in [0.1, 0.15) is 5.82 Å². The van der Waals surface area contributed by atoms with E-state index in [1.807, 2.05) is 6.92 Å². The molecule has 0 radical (unpaired) electrons. The Labute approximate surface area is 94.4 Å². The van der Waals surface area contributed by atoms with E-state index < -0.39 is 0 Å². The van der Waals surface area contributed by atoms with Crippen molar-refractivity contribution in [3.8, 4) is 0 Å². The summed E-state index contributed by atoms with van der Waals surface area (Å²) in [6.07, 6.45) is 2.50. The number of ether oxygens (including phenoxy) is 1. The highest BCUT2D eigenvalue weighted by atomic mass is 35.5. The Morgan fingerprint density at radius 1 is 1.60 bits per heavy atom. The lowest BCUT2D eigenvalue weighted by atomic mass is 10.0. The van der Waals surface area contributed by atoms with E-state index >= 15 is 0 Å². The summed E-state index contributed by atoms with van der Waals surface area (Å²) in [6, 6.07) is 0. The van der Waals surface area contributed by atoms with Crippen molar-refractivity contribution < 1.29 is 9.53 Å². The fourth-order valence-corrected chi connectivity index (χ4v) is 1.72. The summed E-state index contributed by atoms with van der Waals surface area (Å²) >= 11 is 0. The zero-order valence-electron chi connectivity index (χ0n) is 8.66. The minimum Gasteiger partial charge on any atom is -0.465 e. The topological polar surface area (TPSA) is 51.2 Å². The Balaban J connectivity index is 0.00000112. The van der Waals surface area contributed by atoms with E-state index in [0.717, 1.165) is 29.9 Å². The van der Waals surface area contributed by atoms with Gasteiger partial charge in [-0.3, -0.25) is 0 Å². The highest BCUT2D eigenvalue weighted by Crippen LogP contribution is 2.25. The molecular weight excluding hydrogens is 216 g/mol. The molecule has 0 aliphatic carbocycles. The predicted molar refractivity (Wildman–Crippen MR) is 59.8 cm³/mol. The molecule has 1 N–H and O–H groups in total. The normalized spacial score (nSPS) is 12.4. The lowest BCUT2D eigenvalue weighted by Crippen LogP contribution is -2.06. The average Bonchev–Trinajstić information content (AvgIpc) is 2.66. The molecule has 82 valence electrons. The number of hydrogen-bond donors (Lipinski definition) is 1. The molecule has 0 spiro atoms. The minimum atomic E-state index is -0.315. The number of nitrogens with one attached hydrogen (secondary N) is 1. The van der Waals surface area contributed by atoms with Crippen LogP contribution in [0.25, 0.3) is 0 Å². The molecule has 0 bridgehead atoms. The zero-order valence-corrected chi connectivity index (χ0v) is 9.48. The van der Waals surface area contributed by atoms with Crippen LogP contribution in [0, 0.1) is 6.92 Å². The Hall–Kier alpha value is -1.29. The monoisotopic (exact) mass is 228 g/mol.